The van der Waals surface area contributed by atoms with Gasteiger partial charge in [0.2, 0.25) is 0 Å². The van der Waals surface area contributed by atoms with E-state index < -0.39 is 53.9 Å². The highest BCUT2D eigenvalue weighted by molar-refractivity contribution is 5.88. The Morgan fingerprint density at radius 1 is 1.11 bits per heavy atom. The van der Waals surface area contributed by atoms with E-state index in [2.05, 4.69) is 23.6 Å². The summed E-state index contributed by atoms with van der Waals surface area (Å²) in [5.74, 6) is -0.853. The quantitative estimate of drug-likeness (QED) is 0.169. The molecule has 5 aliphatic heterocycles. The molecular formula is C41H63N4O8+. The summed E-state index contributed by atoms with van der Waals surface area (Å²) in [7, 11) is 1.76. The number of methoxy groups -OCH3 is 1. The van der Waals surface area contributed by atoms with Crippen LogP contribution in [0.25, 0.3) is 0 Å². The van der Waals surface area contributed by atoms with Crippen LogP contribution in [-0.4, -0.2) is 104 Å². The Bertz CT molecular complexity index is 1530. The molecule has 294 valence electrons. The van der Waals surface area contributed by atoms with E-state index >= 15 is 0 Å². The third kappa shape index (κ3) is 6.42. The molecule has 9 N–H and O–H groups in total. The Morgan fingerprint density at radius 2 is 1.92 bits per heavy atom. The summed E-state index contributed by atoms with van der Waals surface area (Å²) in [4.78, 5) is 27.6. The fourth-order valence-electron chi connectivity index (χ4n) is 12.4. The lowest BCUT2D eigenvalue weighted by Gasteiger charge is -2.61. The van der Waals surface area contributed by atoms with Crippen LogP contribution in [0.5, 0.6) is 0 Å². The first-order valence-corrected chi connectivity index (χ1v) is 20.5. The second-order valence-electron chi connectivity index (χ2n) is 17.9. The van der Waals surface area contributed by atoms with Crippen molar-refractivity contribution in [3.8, 4) is 0 Å². The molecule has 12 nitrogen and oxygen atoms in total. The maximum atomic E-state index is 13.9. The number of fused-ring (bicyclic) bond motifs is 7. The van der Waals surface area contributed by atoms with E-state index in [1.807, 2.05) is 6.92 Å². The lowest BCUT2D eigenvalue weighted by Crippen LogP contribution is -2.96. The number of nitrogens with one attached hydrogen (secondary N) is 1. The van der Waals surface area contributed by atoms with Crippen molar-refractivity contribution >= 4 is 11.8 Å². The summed E-state index contributed by atoms with van der Waals surface area (Å²) in [6.45, 7) is 7.84. The van der Waals surface area contributed by atoms with Gasteiger partial charge in [0.1, 0.15) is 23.7 Å². The number of esters is 1. The number of ether oxygens (including phenoxy) is 4. The van der Waals surface area contributed by atoms with Gasteiger partial charge in [-0.05, 0) is 88.8 Å². The van der Waals surface area contributed by atoms with Crippen LogP contribution >= 0.6 is 0 Å². The third-order valence-corrected chi connectivity index (χ3v) is 15.2. The molecule has 0 aromatic heterocycles. The molecule has 8 rings (SSSR count). The van der Waals surface area contributed by atoms with E-state index in [-0.39, 0.29) is 60.7 Å². The van der Waals surface area contributed by atoms with Crippen molar-refractivity contribution in [3.05, 3.63) is 34.4 Å². The Balaban J connectivity index is 1.33. The molecule has 13 unspecified atom stereocenters. The number of rotatable bonds is 6. The van der Waals surface area contributed by atoms with Crippen LogP contribution in [0.4, 0.5) is 0 Å². The van der Waals surface area contributed by atoms with Crippen molar-refractivity contribution < 1.29 is 44.1 Å². The number of piperidine rings is 2. The molecule has 12 heteroatoms. The maximum Gasteiger partial charge on any atom is 0.333 e. The number of ketones is 1. The zero-order valence-electron chi connectivity index (χ0n) is 32.0. The monoisotopic (exact) mass is 739 g/mol. The van der Waals surface area contributed by atoms with E-state index in [0.29, 0.717) is 36.9 Å². The maximum absolute atomic E-state index is 13.9. The smallest absolute Gasteiger partial charge is 0.333 e. The highest BCUT2D eigenvalue weighted by Gasteiger charge is 2.65. The Morgan fingerprint density at radius 3 is 2.68 bits per heavy atom. The van der Waals surface area contributed by atoms with Crippen LogP contribution in [-0.2, 0) is 28.5 Å². The molecule has 0 radical (unpaired) electrons. The number of hydrogen-bond acceptors (Lipinski definition) is 11. The first kappa shape index (κ1) is 37.9. The standard InChI is InChI=1S/C41H62N4O8/c1-5-19(2)40(49)52-31-16-27-36(48)35-30(47)15-24(18-46)51-38(35)28-11-21-6-8-44-39(43)33(21)26-10-20(7-9-50-4)25-12-22-14-32(42)45-17-23(22)13-29(34(25)26)41(31,3)53-37(27)28/h5,10,20-24,27-29,31-33,35-39,44-46,48H,6-9,11-18,42-43H2,1-4H3/p+1/t20-,21?,22?,23?,24?,27?,28?,29-,31+,32?,33?,35?,36?,37?,38?,39?,41+/m1/s1. The second-order valence-corrected chi connectivity index (χ2v) is 17.9. The van der Waals surface area contributed by atoms with E-state index in [1.165, 1.54) is 16.7 Å². The third-order valence-electron chi connectivity index (χ3n) is 15.2. The summed E-state index contributed by atoms with van der Waals surface area (Å²) < 4.78 is 26.6. The minimum atomic E-state index is -1.03. The van der Waals surface area contributed by atoms with Crippen LogP contribution in [0.1, 0.15) is 72.1 Å². The molecular weight excluding hydrogens is 676 g/mol. The van der Waals surface area contributed by atoms with E-state index in [4.69, 9.17) is 30.4 Å². The Labute approximate surface area is 313 Å². The van der Waals surface area contributed by atoms with Crippen molar-refractivity contribution in [3.63, 3.8) is 0 Å². The fraction of sp³-hybridized carbons (Fsp3) is 0.805. The first-order chi connectivity index (χ1) is 25.5. The van der Waals surface area contributed by atoms with Crippen LogP contribution in [0, 0.1) is 53.3 Å². The largest absolute Gasteiger partial charge is 0.456 e. The Kier molecular flexibility index (Phi) is 10.6. The normalized spacial score (nSPS) is 48.0. The van der Waals surface area contributed by atoms with Gasteiger partial charge in [-0.2, -0.15) is 0 Å². The summed E-state index contributed by atoms with van der Waals surface area (Å²) in [5, 5.41) is 28.4. The molecule has 5 heterocycles. The molecule has 53 heavy (non-hydrogen) atoms. The minimum absolute atomic E-state index is 0.00289. The van der Waals surface area contributed by atoms with Gasteiger partial charge in [0.15, 0.2) is 0 Å². The number of aliphatic hydroxyl groups is 2. The number of carbonyl (C=O) groups excluding carboxylic acids is 2. The summed E-state index contributed by atoms with van der Waals surface area (Å²) in [6.07, 6.45) is 6.34. The zero-order chi connectivity index (χ0) is 37.3. The molecule has 0 amide bonds. The number of quaternary nitrogens is 1. The molecule has 0 spiro atoms. The van der Waals surface area contributed by atoms with Crippen molar-refractivity contribution in [1.82, 2.24) is 5.32 Å². The fourth-order valence-corrected chi connectivity index (χ4v) is 12.4. The molecule has 0 aromatic carbocycles. The molecule has 17 atom stereocenters. The van der Waals surface area contributed by atoms with Gasteiger partial charge in [-0.15, -0.1) is 0 Å². The second kappa shape index (κ2) is 14.8. The minimum Gasteiger partial charge on any atom is -0.456 e. The van der Waals surface area contributed by atoms with Crippen molar-refractivity contribution in [2.45, 2.75) is 121 Å². The highest BCUT2D eigenvalue weighted by atomic mass is 16.6. The van der Waals surface area contributed by atoms with Gasteiger partial charge in [-0.3, -0.25) is 10.5 Å². The first-order valence-electron chi connectivity index (χ1n) is 20.5. The van der Waals surface area contributed by atoms with Gasteiger partial charge in [-0.1, -0.05) is 17.7 Å². The van der Waals surface area contributed by atoms with Crippen molar-refractivity contribution in [2.75, 3.05) is 33.4 Å². The average Bonchev–Trinajstić information content (AvgIpc) is 3.37. The SMILES string of the molecule is CC=C(C)C(=O)O[C@H]1CC2C(O)C3C(=O)CC(CO)OC3C3CC4CCNC(N)C4C4=C[C@@H](CCOC)C5=C4[C@@H](CC4C[NH2+]C(N)CC4C5)[C@]1(C)OC23. The molecule has 3 aliphatic carbocycles. The van der Waals surface area contributed by atoms with Crippen LogP contribution in [0.3, 0.4) is 0 Å². The van der Waals surface area contributed by atoms with Crippen LogP contribution in [0.15, 0.2) is 34.4 Å². The predicted octanol–water partition coefficient (Wildman–Crippen LogP) is 1.05. The number of hydrogen-bond donors (Lipinski definition) is 6. The number of aliphatic hydroxyl groups excluding tert-OH is 2. The number of Topliss-reactive ketones (excluding diaryl/α,β-unsaturated/α-hetero) is 1. The summed E-state index contributed by atoms with van der Waals surface area (Å²) in [5.41, 5.74) is 17.4. The Hall–Kier alpha value is -2.00. The van der Waals surface area contributed by atoms with Gasteiger partial charge in [0.25, 0.3) is 0 Å². The molecule has 2 bridgehead atoms. The average molecular weight is 740 g/mol. The van der Waals surface area contributed by atoms with E-state index in [1.54, 1.807) is 20.1 Å². The molecule has 1 saturated carbocycles. The van der Waals surface area contributed by atoms with E-state index in [9.17, 15) is 19.8 Å². The summed E-state index contributed by atoms with van der Waals surface area (Å²) >= 11 is 0. The topological polar surface area (TPSA) is 192 Å². The number of nitrogens with two attached hydrogens (primary N) is 3. The lowest BCUT2D eigenvalue weighted by molar-refractivity contribution is -0.706. The lowest BCUT2D eigenvalue weighted by atomic mass is 9.57. The molecule has 6 fully saturated rings. The van der Waals surface area contributed by atoms with Gasteiger partial charge in [-0.25, -0.2) is 4.79 Å². The molecule has 5 saturated heterocycles. The van der Waals surface area contributed by atoms with Crippen LogP contribution in [0.2, 0.25) is 0 Å². The molecule has 8 aliphatic rings. The van der Waals surface area contributed by atoms with Gasteiger partial charge >= 0.3 is 5.97 Å². The predicted molar refractivity (Wildman–Crippen MR) is 195 cm³/mol. The van der Waals surface area contributed by atoms with Gasteiger partial charge in [0.05, 0.1) is 49.7 Å². The number of allylic oxidation sites excluding steroid dienone is 3. The van der Waals surface area contributed by atoms with Crippen molar-refractivity contribution in [1.29, 1.82) is 0 Å². The summed E-state index contributed by atoms with van der Waals surface area (Å²) in [6, 6.07) is 0. The molecule has 0 aromatic rings. The highest BCUT2D eigenvalue weighted by Crippen LogP contribution is 2.60. The van der Waals surface area contributed by atoms with Gasteiger partial charge in [0, 0.05) is 67.6 Å². The van der Waals surface area contributed by atoms with Crippen molar-refractivity contribution in [2.24, 2.45) is 64.7 Å². The van der Waals surface area contributed by atoms with Gasteiger partial charge < -0.3 is 45.5 Å². The number of carbonyl (C=O) groups is 2. The van der Waals surface area contributed by atoms with Crippen LogP contribution < -0.4 is 22.1 Å². The zero-order valence-corrected chi connectivity index (χ0v) is 32.0. The van der Waals surface area contributed by atoms with E-state index in [0.717, 1.165) is 45.2 Å².